The highest BCUT2D eigenvalue weighted by atomic mass is 16.5. The second-order valence-corrected chi connectivity index (χ2v) is 6.51. The quantitative estimate of drug-likeness (QED) is 0.710. The third-order valence-electron chi connectivity index (χ3n) is 4.76. The molecule has 0 saturated carbocycles. The number of fused-ring (bicyclic) bond motifs is 1. The van der Waals surface area contributed by atoms with Gasteiger partial charge in [0, 0.05) is 17.3 Å². The Morgan fingerprint density at radius 3 is 2.65 bits per heavy atom. The van der Waals surface area contributed by atoms with Gasteiger partial charge in [-0.05, 0) is 56.2 Å². The first kappa shape index (κ1) is 16.4. The van der Waals surface area contributed by atoms with Crippen LogP contribution in [-0.4, -0.2) is 24.0 Å². The summed E-state index contributed by atoms with van der Waals surface area (Å²) in [5.41, 5.74) is 3.31. The lowest BCUT2D eigenvalue weighted by molar-refractivity contribution is 0.0976. The molecule has 1 aliphatic heterocycles. The number of benzene rings is 2. The number of carbonyl (C=O) groups is 1. The molecule has 0 unspecified atom stereocenters. The van der Waals surface area contributed by atoms with E-state index < -0.39 is 0 Å². The second kappa shape index (κ2) is 6.33. The van der Waals surface area contributed by atoms with Crippen LogP contribution in [0.2, 0.25) is 0 Å². The molecule has 0 bridgehead atoms. The Morgan fingerprint density at radius 2 is 1.92 bits per heavy atom. The topological polar surface area (TPSA) is 55.6 Å². The molecule has 0 aliphatic carbocycles. The van der Waals surface area contributed by atoms with Gasteiger partial charge in [0.2, 0.25) is 5.89 Å². The number of amides is 1. The minimum Gasteiger partial charge on any atom is -0.497 e. The van der Waals surface area contributed by atoms with Gasteiger partial charge in [0.05, 0.1) is 7.11 Å². The summed E-state index contributed by atoms with van der Waals surface area (Å²) in [4.78, 5) is 19.5. The van der Waals surface area contributed by atoms with Crippen LogP contribution in [0, 0.1) is 6.92 Å². The molecule has 0 N–H and O–H groups in total. The first-order valence-electron chi connectivity index (χ1n) is 8.62. The number of methoxy groups -OCH3 is 1. The van der Waals surface area contributed by atoms with Crippen LogP contribution in [0.5, 0.6) is 5.75 Å². The summed E-state index contributed by atoms with van der Waals surface area (Å²) in [6, 6.07) is 15.5. The van der Waals surface area contributed by atoms with Crippen molar-refractivity contribution in [2.45, 2.75) is 26.3 Å². The van der Waals surface area contributed by atoms with Crippen LogP contribution >= 0.6 is 0 Å². The fourth-order valence-corrected chi connectivity index (χ4v) is 3.44. The molecule has 1 atom stereocenters. The van der Waals surface area contributed by atoms with E-state index in [1.165, 1.54) is 5.56 Å². The molecule has 26 heavy (non-hydrogen) atoms. The third kappa shape index (κ3) is 2.65. The molecule has 0 saturated heterocycles. The van der Waals surface area contributed by atoms with Crippen molar-refractivity contribution in [3.8, 4) is 17.2 Å². The largest absolute Gasteiger partial charge is 0.497 e. The molecule has 4 rings (SSSR count). The minimum atomic E-state index is -0.122. The number of aryl methyl sites for hydroxylation is 1. The molecule has 5 heteroatoms. The molecule has 0 fully saturated rings. The van der Waals surface area contributed by atoms with Gasteiger partial charge in [0.15, 0.2) is 5.69 Å². The lowest BCUT2D eigenvalue weighted by atomic mass is 10.1. The fraction of sp³-hybridized carbons (Fsp3) is 0.238. The van der Waals surface area contributed by atoms with Gasteiger partial charge in [-0.3, -0.25) is 4.79 Å². The van der Waals surface area contributed by atoms with Gasteiger partial charge in [-0.2, -0.15) is 0 Å². The van der Waals surface area contributed by atoms with Crippen molar-refractivity contribution in [2.24, 2.45) is 0 Å². The van der Waals surface area contributed by atoms with Crippen molar-refractivity contribution in [3.05, 3.63) is 65.5 Å². The number of anilines is 1. The maximum absolute atomic E-state index is 13.2. The average Bonchev–Trinajstić information content (AvgIpc) is 3.20. The molecule has 132 valence electrons. The molecular formula is C21H20N2O3. The van der Waals surface area contributed by atoms with Crippen molar-refractivity contribution in [1.29, 1.82) is 0 Å². The van der Waals surface area contributed by atoms with Gasteiger partial charge in [0.1, 0.15) is 11.5 Å². The highest BCUT2D eigenvalue weighted by Gasteiger charge is 2.33. The summed E-state index contributed by atoms with van der Waals surface area (Å²) >= 11 is 0. The maximum atomic E-state index is 13.2. The first-order chi connectivity index (χ1) is 12.6. The molecular weight excluding hydrogens is 328 g/mol. The van der Waals surface area contributed by atoms with E-state index in [1.807, 2.05) is 47.4 Å². The van der Waals surface area contributed by atoms with E-state index >= 15 is 0 Å². The first-order valence-corrected chi connectivity index (χ1v) is 8.62. The van der Waals surface area contributed by atoms with Crippen LogP contribution < -0.4 is 9.64 Å². The van der Waals surface area contributed by atoms with E-state index in [1.54, 1.807) is 14.0 Å². The minimum absolute atomic E-state index is 0.0976. The number of hydrogen-bond acceptors (Lipinski definition) is 4. The number of nitrogens with zero attached hydrogens (tertiary/aromatic N) is 2. The van der Waals surface area contributed by atoms with E-state index in [-0.39, 0.29) is 11.9 Å². The lowest BCUT2D eigenvalue weighted by Crippen LogP contribution is -2.36. The summed E-state index contributed by atoms with van der Waals surface area (Å²) in [6.07, 6.45) is 0.851. The van der Waals surface area contributed by atoms with Gasteiger partial charge in [-0.15, -0.1) is 0 Å². The number of ether oxygens (including phenoxy) is 1. The van der Waals surface area contributed by atoms with Crippen molar-refractivity contribution >= 4 is 11.6 Å². The molecule has 3 aromatic rings. The standard InChI is InChI=1S/C21H20N2O3/c1-13-12-16-6-4-5-7-18(16)23(13)21(24)19-14(2)26-20(22-19)15-8-10-17(25-3)11-9-15/h4-11,13H,12H2,1-3H3/t13-/m1/s1. The zero-order chi connectivity index (χ0) is 18.3. The van der Waals surface area contributed by atoms with Crippen LogP contribution in [0.25, 0.3) is 11.5 Å². The van der Waals surface area contributed by atoms with E-state index in [2.05, 4.69) is 18.0 Å². The van der Waals surface area contributed by atoms with Gasteiger partial charge in [0.25, 0.3) is 5.91 Å². The Labute approximate surface area is 152 Å². The predicted octanol–water partition coefficient (Wildman–Crippen LogP) is 4.25. The number of hydrogen-bond donors (Lipinski definition) is 0. The number of rotatable bonds is 3. The zero-order valence-electron chi connectivity index (χ0n) is 15.0. The van der Waals surface area contributed by atoms with Gasteiger partial charge >= 0.3 is 0 Å². The number of carbonyl (C=O) groups excluding carboxylic acids is 1. The summed E-state index contributed by atoms with van der Waals surface area (Å²) < 4.78 is 11.0. The maximum Gasteiger partial charge on any atom is 0.280 e. The molecule has 2 heterocycles. The summed E-state index contributed by atoms with van der Waals surface area (Å²) in [5.74, 6) is 1.60. The van der Waals surface area contributed by atoms with Crippen LogP contribution in [0.3, 0.4) is 0 Å². The van der Waals surface area contributed by atoms with Gasteiger partial charge in [-0.25, -0.2) is 4.98 Å². The predicted molar refractivity (Wildman–Crippen MR) is 99.6 cm³/mol. The van der Waals surface area contributed by atoms with Crippen molar-refractivity contribution < 1.29 is 13.9 Å². The number of oxazole rings is 1. The zero-order valence-corrected chi connectivity index (χ0v) is 15.0. The molecule has 2 aromatic carbocycles. The Balaban J connectivity index is 1.68. The molecule has 1 aromatic heterocycles. The fourth-order valence-electron chi connectivity index (χ4n) is 3.44. The average molecular weight is 348 g/mol. The van der Waals surface area contributed by atoms with Gasteiger partial charge in [-0.1, -0.05) is 18.2 Å². The molecule has 5 nitrogen and oxygen atoms in total. The molecule has 0 radical (unpaired) electrons. The van der Waals surface area contributed by atoms with Crippen molar-refractivity contribution in [2.75, 3.05) is 12.0 Å². The molecule has 1 amide bonds. The SMILES string of the molecule is COc1ccc(-c2nc(C(=O)N3c4ccccc4C[C@H]3C)c(C)o2)cc1. The van der Waals surface area contributed by atoms with Crippen LogP contribution in [0.1, 0.15) is 28.7 Å². The number of para-hydroxylation sites is 1. The Hall–Kier alpha value is -3.08. The van der Waals surface area contributed by atoms with E-state index in [0.29, 0.717) is 17.3 Å². The summed E-state index contributed by atoms with van der Waals surface area (Å²) in [5, 5.41) is 0. The van der Waals surface area contributed by atoms with E-state index in [0.717, 1.165) is 23.4 Å². The summed E-state index contributed by atoms with van der Waals surface area (Å²) in [7, 11) is 1.62. The third-order valence-corrected chi connectivity index (χ3v) is 4.76. The Morgan fingerprint density at radius 1 is 1.19 bits per heavy atom. The Kier molecular flexibility index (Phi) is 3.99. The highest BCUT2D eigenvalue weighted by molar-refractivity contribution is 6.07. The molecule has 0 spiro atoms. The van der Waals surface area contributed by atoms with E-state index in [4.69, 9.17) is 9.15 Å². The smallest absolute Gasteiger partial charge is 0.280 e. The lowest BCUT2D eigenvalue weighted by Gasteiger charge is -2.21. The number of aromatic nitrogens is 1. The second-order valence-electron chi connectivity index (χ2n) is 6.51. The Bertz CT molecular complexity index is 960. The van der Waals surface area contributed by atoms with Crippen LogP contribution in [-0.2, 0) is 6.42 Å². The molecule has 1 aliphatic rings. The normalized spacial score (nSPS) is 15.8. The monoisotopic (exact) mass is 348 g/mol. The van der Waals surface area contributed by atoms with Crippen LogP contribution in [0.4, 0.5) is 5.69 Å². The van der Waals surface area contributed by atoms with Crippen molar-refractivity contribution in [3.63, 3.8) is 0 Å². The van der Waals surface area contributed by atoms with E-state index in [9.17, 15) is 4.79 Å². The highest BCUT2D eigenvalue weighted by Crippen LogP contribution is 2.34. The summed E-state index contributed by atoms with van der Waals surface area (Å²) in [6.45, 7) is 3.83. The van der Waals surface area contributed by atoms with Crippen molar-refractivity contribution in [1.82, 2.24) is 4.98 Å². The van der Waals surface area contributed by atoms with Crippen LogP contribution in [0.15, 0.2) is 52.9 Å². The van der Waals surface area contributed by atoms with Gasteiger partial charge < -0.3 is 14.1 Å².